The Labute approximate surface area is 254 Å². The minimum Gasteiger partial charge on any atom is -0.460 e. The highest BCUT2D eigenvalue weighted by atomic mass is 35.5. The van der Waals surface area contributed by atoms with Gasteiger partial charge in [0.25, 0.3) is 0 Å². The first-order chi connectivity index (χ1) is 20.0. The number of hydrogen-bond acceptors (Lipinski definition) is 8. The second kappa shape index (κ2) is 12.9. The molecule has 13 heteroatoms. The summed E-state index contributed by atoms with van der Waals surface area (Å²) in [6.45, 7) is 7.51. The normalized spacial score (nSPS) is 18.0. The second-order valence-electron chi connectivity index (χ2n) is 12.2. The van der Waals surface area contributed by atoms with Crippen LogP contribution in [0.5, 0.6) is 0 Å². The number of nitrogens with zero attached hydrogens (tertiary/aromatic N) is 3. The molecular formula is C30H36ClF3N4O4S. The topological polar surface area (TPSA) is 111 Å². The average molecular weight is 641 g/mol. The summed E-state index contributed by atoms with van der Waals surface area (Å²) >= 11 is 6.34. The Bertz CT molecular complexity index is 1580. The summed E-state index contributed by atoms with van der Waals surface area (Å²) in [7, 11) is -3.99. The zero-order valence-corrected chi connectivity index (χ0v) is 26.2. The van der Waals surface area contributed by atoms with E-state index in [-0.39, 0.29) is 22.6 Å². The van der Waals surface area contributed by atoms with E-state index in [1.807, 2.05) is 33.8 Å². The van der Waals surface area contributed by atoms with E-state index in [0.717, 1.165) is 31.2 Å². The van der Waals surface area contributed by atoms with Crippen molar-refractivity contribution in [2.75, 3.05) is 11.1 Å². The third kappa shape index (κ3) is 9.76. The molecule has 3 aromatic rings. The number of esters is 1. The molecule has 0 bridgehead atoms. The molecule has 0 aliphatic heterocycles. The highest BCUT2D eigenvalue weighted by Gasteiger charge is 2.30. The summed E-state index contributed by atoms with van der Waals surface area (Å²) in [5, 5.41) is 3.54. The molecule has 0 spiro atoms. The van der Waals surface area contributed by atoms with Crippen LogP contribution in [0.15, 0.2) is 30.5 Å². The van der Waals surface area contributed by atoms with Crippen molar-refractivity contribution in [3.05, 3.63) is 46.6 Å². The van der Waals surface area contributed by atoms with Gasteiger partial charge < -0.3 is 10.1 Å². The van der Waals surface area contributed by atoms with Crippen molar-refractivity contribution >= 4 is 44.4 Å². The average Bonchev–Trinajstić information content (AvgIpc) is 2.88. The Hall–Kier alpha value is -2.99. The maximum Gasteiger partial charge on any atom is 0.390 e. The van der Waals surface area contributed by atoms with Gasteiger partial charge in [0.1, 0.15) is 11.1 Å². The highest BCUT2D eigenvalue weighted by molar-refractivity contribution is 7.90. The van der Waals surface area contributed by atoms with Crippen molar-refractivity contribution in [2.24, 2.45) is 5.92 Å². The number of carbonyl (C=O) groups excluding carboxylic acids is 1. The molecule has 2 heterocycles. The number of alkyl halides is 3. The van der Waals surface area contributed by atoms with Gasteiger partial charge in [0.2, 0.25) is 5.95 Å². The SMILES string of the molecule is Cc1cc(-c2ccc(CS(=O)(=O)CCC(F)(F)F)c(Cl)c2)nc2cnc(NC3CCC(CC(=O)OC(C)(C)C)CC3)nc12. The van der Waals surface area contributed by atoms with E-state index in [0.29, 0.717) is 40.6 Å². The van der Waals surface area contributed by atoms with E-state index in [4.69, 9.17) is 16.3 Å². The van der Waals surface area contributed by atoms with E-state index in [1.165, 1.54) is 6.07 Å². The molecule has 1 fully saturated rings. The molecular weight excluding hydrogens is 605 g/mol. The zero-order chi connectivity index (χ0) is 31.6. The molecule has 0 amide bonds. The molecule has 1 saturated carbocycles. The largest absolute Gasteiger partial charge is 0.460 e. The van der Waals surface area contributed by atoms with Crippen molar-refractivity contribution in [2.45, 2.75) is 89.8 Å². The molecule has 234 valence electrons. The summed E-state index contributed by atoms with van der Waals surface area (Å²) in [6.07, 6.45) is -0.273. The van der Waals surface area contributed by atoms with Gasteiger partial charge in [-0.25, -0.2) is 23.4 Å². The van der Waals surface area contributed by atoms with Gasteiger partial charge in [-0.1, -0.05) is 23.7 Å². The molecule has 1 aromatic carbocycles. The molecule has 0 radical (unpaired) electrons. The van der Waals surface area contributed by atoms with Gasteiger partial charge in [0.05, 0.1) is 35.3 Å². The number of rotatable bonds is 9. The summed E-state index contributed by atoms with van der Waals surface area (Å²) in [5.74, 6) is -0.931. The van der Waals surface area contributed by atoms with Crippen molar-refractivity contribution in [1.29, 1.82) is 0 Å². The van der Waals surface area contributed by atoms with Crippen LogP contribution in [-0.2, 0) is 25.1 Å². The number of aromatic nitrogens is 3. The predicted molar refractivity (Wildman–Crippen MR) is 161 cm³/mol. The molecule has 43 heavy (non-hydrogen) atoms. The molecule has 4 rings (SSSR count). The van der Waals surface area contributed by atoms with E-state index in [2.05, 4.69) is 20.3 Å². The Morgan fingerprint density at radius 3 is 2.42 bits per heavy atom. The molecule has 2 aromatic heterocycles. The molecule has 8 nitrogen and oxygen atoms in total. The lowest BCUT2D eigenvalue weighted by atomic mass is 9.84. The number of carbonyl (C=O) groups is 1. The van der Waals surface area contributed by atoms with Crippen molar-refractivity contribution < 1.29 is 31.1 Å². The van der Waals surface area contributed by atoms with Crippen LogP contribution in [0, 0.1) is 12.8 Å². The summed E-state index contributed by atoms with van der Waals surface area (Å²) in [6, 6.07) is 6.73. The lowest BCUT2D eigenvalue weighted by molar-refractivity contribution is -0.156. The second-order valence-corrected chi connectivity index (χ2v) is 14.8. The van der Waals surface area contributed by atoms with Gasteiger partial charge in [0.15, 0.2) is 9.84 Å². The number of anilines is 1. The van der Waals surface area contributed by atoms with E-state index in [1.54, 1.807) is 18.3 Å². The third-order valence-electron chi connectivity index (χ3n) is 7.21. The number of halogens is 4. The number of pyridine rings is 1. The van der Waals surface area contributed by atoms with Crippen LogP contribution >= 0.6 is 11.6 Å². The maximum atomic E-state index is 12.5. The first kappa shape index (κ1) is 32.9. The van der Waals surface area contributed by atoms with Crippen LogP contribution in [0.2, 0.25) is 5.02 Å². The van der Waals surface area contributed by atoms with Gasteiger partial charge in [-0.05, 0) is 82.6 Å². The van der Waals surface area contributed by atoms with Gasteiger partial charge in [-0.15, -0.1) is 0 Å². The predicted octanol–water partition coefficient (Wildman–Crippen LogP) is 7.22. The number of nitrogens with one attached hydrogen (secondary N) is 1. The van der Waals surface area contributed by atoms with Crippen LogP contribution in [0.3, 0.4) is 0 Å². The van der Waals surface area contributed by atoms with Crippen LogP contribution in [-0.4, -0.2) is 52.9 Å². The van der Waals surface area contributed by atoms with Crippen LogP contribution in [0.4, 0.5) is 19.1 Å². The number of ether oxygens (including phenoxy) is 1. The molecule has 0 atom stereocenters. The molecule has 1 aliphatic carbocycles. The van der Waals surface area contributed by atoms with Crippen LogP contribution < -0.4 is 5.32 Å². The molecule has 0 saturated heterocycles. The van der Waals surface area contributed by atoms with E-state index < -0.39 is 39.5 Å². The number of sulfone groups is 1. The fourth-order valence-corrected chi connectivity index (χ4v) is 6.86. The van der Waals surface area contributed by atoms with E-state index in [9.17, 15) is 26.4 Å². The minimum absolute atomic E-state index is 0.129. The van der Waals surface area contributed by atoms with Crippen LogP contribution in [0.25, 0.3) is 22.3 Å². The number of benzene rings is 1. The van der Waals surface area contributed by atoms with Crippen molar-refractivity contribution in [1.82, 2.24) is 15.0 Å². The van der Waals surface area contributed by atoms with Gasteiger partial charge >= 0.3 is 12.1 Å². The molecule has 0 unspecified atom stereocenters. The maximum absolute atomic E-state index is 12.5. The molecule has 1 aliphatic rings. The Kier molecular flexibility index (Phi) is 9.90. The van der Waals surface area contributed by atoms with Crippen molar-refractivity contribution in [3.63, 3.8) is 0 Å². The fraction of sp³-hybridized carbons (Fsp3) is 0.533. The fourth-order valence-electron chi connectivity index (χ4n) is 5.12. The third-order valence-corrected chi connectivity index (χ3v) is 9.14. The monoisotopic (exact) mass is 640 g/mol. The lowest BCUT2D eigenvalue weighted by Crippen LogP contribution is -2.30. The number of aryl methyl sites for hydroxylation is 1. The van der Waals surface area contributed by atoms with E-state index >= 15 is 0 Å². The zero-order valence-electron chi connectivity index (χ0n) is 24.6. The smallest absolute Gasteiger partial charge is 0.390 e. The molecule has 1 N–H and O–H groups in total. The standard InChI is InChI=1S/C30H36ClF3N4O4S/c1-18-13-24(20-7-8-21(23(31)15-20)17-43(40,41)12-11-30(32,33)34)37-25-16-35-28(38-27(18)25)36-22-9-5-19(6-10-22)14-26(39)42-29(2,3)4/h7-8,13,15-16,19,22H,5-6,9-12,14,17H2,1-4H3,(H,35,36,38). The first-order valence-electron chi connectivity index (χ1n) is 14.1. The van der Waals surface area contributed by atoms with Gasteiger partial charge in [-0.2, -0.15) is 13.2 Å². The first-order valence-corrected chi connectivity index (χ1v) is 16.3. The lowest BCUT2D eigenvalue weighted by Gasteiger charge is -2.29. The Morgan fingerprint density at radius 1 is 1.09 bits per heavy atom. The van der Waals surface area contributed by atoms with Gasteiger partial charge in [-0.3, -0.25) is 4.79 Å². The van der Waals surface area contributed by atoms with Crippen molar-refractivity contribution in [3.8, 4) is 11.3 Å². The Morgan fingerprint density at radius 2 is 1.79 bits per heavy atom. The van der Waals surface area contributed by atoms with Gasteiger partial charge in [0, 0.05) is 23.0 Å². The number of hydrogen-bond donors (Lipinski definition) is 1. The summed E-state index contributed by atoms with van der Waals surface area (Å²) < 4.78 is 67.3. The highest BCUT2D eigenvalue weighted by Crippen LogP contribution is 2.31. The number of fused-ring (bicyclic) bond motifs is 1. The Balaban J connectivity index is 1.40. The van der Waals surface area contributed by atoms with Crippen LogP contribution in [0.1, 0.15) is 70.4 Å². The quantitative estimate of drug-likeness (QED) is 0.244. The minimum atomic E-state index is -4.55. The summed E-state index contributed by atoms with van der Waals surface area (Å²) in [5.41, 5.74) is 3.03. The summed E-state index contributed by atoms with van der Waals surface area (Å²) in [4.78, 5) is 26.0.